The minimum Gasteiger partial charge on any atom is -0.429 e. The van der Waals surface area contributed by atoms with Crippen LogP contribution in [0.15, 0.2) is 42.7 Å². The van der Waals surface area contributed by atoms with Gasteiger partial charge in [-0.3, -0.25) is 9.88 Å². The van der Waals surface area contributed by atoms with Gasteiger partial charge < -0.3 is 9.72 Å². The van der Waals surface area contributed by atoms with E-state index in [1.54, 1.807) is 17.5 Å². The molecule has 0 atom stereocenters. The molecule has 0 aliphatic rings. The molecule has 0 saturated carbocycles. The molecule has 0 unspecified atom stereocenters. The van der Waals surface area contributed by atoms with Crippen molar-refractivity contribution < 1.29 is 4.74 Å². The number of hydrogen-bond donors (Lipinski definition) is 1. The van der Waals surface area contributed by atoms with Crippen LogP contribution in [0.4, 0.5) is 0 Å². The summed E-state index contributed by atoms with van der Waals surface area (Å²) in [7, 11) is 0. The molecule has 4 aromatic rings. The smallest absolute Gasteiger partial charge is 0.279 e. The van der Waals surface area contributed by atoms with Crippen LogP contribution in [0, 0.1) is 0 Å². The molecule has 0 saturated heterocycles. The summed E-state index contributed by atoms with van der Waals surface area (Å²) < 4.78 is 7.07. The number of rotatable bonds is 8. The van der Waals surface area contributed by atoms with Crippen molar-refractivity contribution in [3.8, 4) is 10.9 Å². The first-order valence-corrected chi connectivity index (χ1v) is 10.3. The topological polar surface area (TPSA) is 54.0 Å². The Hall–Kier alpha value is -2.44. The van der Waals surface area contributed by atoms with Gasteiger partial charge in [0.2, 0.25) is 0 Å². The predicted molar refractivity (Wildman–Crippen MR) is 112 cm³/mol. The van der Waals surface area contributed by atoms with Gasteiger partial charge >= 0.3 is 0 Å². The van der Waals surface area contributed by atoms with Crippen LogP contribution in [0.25, 0.3) is 21.3 Å². The highest BCUT2D eigenvalue weighted by atomic mass is 32.1. The Morgan fingerprint density at radius 1 is 1.22 bits per heavy atom. The molecule has 0 spiro atoms. The molecule has 3 heterocycles. The number of hydrogen-bond acceptors (Lipinski definition) is 5. The van der Waals surface area contributed by atoms with Gasteiger partial charge in [0.15, 0.2) is 5.75 Å². The predicted octanol–water partition coefficient (Wildman–Crippen LogP) is 5.59. The third-order valence-corrected chi connectivity index (χ3v) is 5.63. The molecule has 3 aromatic heterocycles. The van der Waals surface area contributed by atoms with E-state index < -0.39 is 0 Å². The largest absolute Gasteiger partial charge is 0.429 e. The van der Waals surface area contributed by atoms with Crippen molar-refractivity contribution in [2.75, 3.05) is 13.1 Å². The highest BCUT2D eigenvalue weighted by molar-refractivity contribution is 7.20. The fourth-order valence-corrected chi connectivity index (χ4v) is 4.02. The van der Waals surface area contributed by atoms with Gasteiger partial charge in [-0.15, -0.1) is 0 Å². The zero-order valence-corrected chi connectivity index (χ0v) is 16.6. The summed E-state index contributed by atoms with van der Waals surface area (Å²) in [6.45, 7) is 7.53. The lowest BCUT2D eigenvalue weighted by Gasteiger charge is -2.19. The summed E-state index contributed by atoms with van der Waals surface area (Å²) in [5.41, 5.74) is 4.20. The maximum atomic E-state index is 5.95. The molecule has 140 valence electrons. The van der Waals surface area contributed by atoms with Gasteiger partial charge in [0.1, 0.15) is 0 Å². The normalized spacial score (nSPS) is 11.7. The maximum Gasteiger partial charge on any atom is 0.279 e. The molecule has 1 aromatic carbocycles. The van der Waals surface area contributed by atoms with Gasteiger partial charge in [-0.1, -0.05) is 43.7 Å². The fourth-order valence-electron chi connectivity index (χ4n) is 3.19. The summed E-state index contributed by atoms with van der Waals surface area (Å²) in [6.07, 6.45) is 6.29. The monoisotopic (exact) mass is 380 g/mol. The third-order valence-electron chi connectivity index (χ3n) is 4.72. The Labute approximate surface area is 163 Å². The lowest BCUT2D eigenvalue weighted by molar-refractivity contribution is 0.276. The number of benzene rings is 1. The average Bonchev–Trinajstić information content (AvgIpc) is 3.28. The number of pyridine rings is 1. The second-order valence-electron chi connectivity index (χ2n) is 6.65. The van der Waals surface area contributed by atoms with Crippen molar-refractivity contribution >= 4 is 32.6 Å². The van der Waals surface area contributed by atoms with Crippen molar-refractivity contribution in [3.05, 3.63) is 48.3 Å². The average molecular weight is 381 g/mol. The molecule has 5 nitrogen and oxygen atoms in total. The number of aromatic amines is 1. The lowest BCUT2D eigenvalue weighted by atomic mass is 10.2. The zero-order valence-electron chi connectivity index (χ0n) is 15.7. The second kappa shape index (κ2) is 8.06. The molecule has 4 rings (SSSR count). The van der Waals surface area contributed by atoms with E-state index in [1.807, 2.05) is 24.3 Å². The Bertz CT molecular complexity index is 1010. The van der Waals surface area contributed by atoms with Gasteiger partial charge in [0.05, 0.1) is 27.4 Å². The van der Waals surface area contributed by atoms with Gasteiger partial charge in [0, 0.05) is 24.4 Å². The molecule has 0 aliphatic heterocycles. The Kier molecular flexibility index (Phi) is 5.36. The Morgan fingerprint density at radius 2 is 2.11 bits per heavy atom. The number of fused-ring (bicyclic) bond motifs is 2. The summed E-state index contributed by atoms with van der Waals surface area (Å²) in [5, 5.41) is 0.640. The first-order chi connectivity index (χ1) is 13.3. The number of nitrogens with zero attached hydrogens (tertiary/aromatic N) is 3. The van der Waals surface area contributed by atoms with Crippen LogP contribution in [0.1, 0.15) is 32.3 Å². The van der Waals surface area contributed by atoms with Crippen LogP contribution in [0.2, 0.25) is 0 Å². The molecular weight excluding hydrogens is 356 g/mol. The summed E-state index contributed by atoms with van der Waals surface area (Å²) in [5.74, 6) is 0.702. The lowest BCUT2D eigenvalue weighted by Crippen LogP contribution is -2.23. The highest BCUT2D eigenvalue weighted by Crippen LogP contribution is 2.32. The number of thiazole rings is 1. The number of H-pyrrole nitrogens is 1. The van der Waals surface area contributed by atoms with E-state index in [0.717, 1.165) is 40.9 Å². The van der Waals surface area contributed by atoms with Crippen LogP contribution in [-0.4, -0.2) is 32.9 Å². The van der Waals surface area contributed by atoms with Crippen LogP contribution in [0.3, 0.4) is 0 Å². The van der Waals surface area contributed by atoms with Crippen LogP contribution < -0.4 is 4.74 Å². The van der Waals surface area contributed by atoms with Gasteiger partial charge in [-0.05, 0) is 31.6 Å². The maximum absolute atomic E-state index is 5.95. The van der Waals surface area contributed by atoms with E-state index in [0.29, 0.717) is 10.9 Å². The first-order valence-electron chi connectivity index (χ1n) is 9.48. The van der Waals surface area contributed by atoms with Crippen molar-refractivity contribution in [1.29, 1.82) is 0 Å². The summed E-state index contributed by atoms with van der Waals surface area (Å²) in [4.78, 5) is 15.0. The van der Waals surface area contributed by atoms with E-state index in [4.69, 9.17) is 4.74 Å². The molecule has 0 fully saturated rings. The highest BCUT2D eigenvalue weighted by Gasteiger charge is 2.12. The number of ether oxygens (including phenoxy) is 1. The van der Waals surface area contributed by atoms with Gasteiger partial charge in [-0.25, -0.2) is 4.98 Å². The van der Waals surface area contributed by atoms with Crippen LogP contribution in [0.5, 0.6) is 10.9 Å². The third kappa shape index (κ3) is 3.96. The number of unbranched alkanes of at least 4 members (excludes halogenated alkanes) is 1. The molecule has 0 amide bonds. The van der Waals surface area contributed by atoms with E-state index >= 15 is 0 Å². The van der Waals surface area contributed by atoms with Gasteiger partial charge in [-0.2, -0.15) is 0 Å². The van der Waals surface area contributed by atoms with Crippen molar-refractivity contribution in [2.24, 2.45) is 0 Å². The second-order valence-corrected chi connectivity index (χ2v) is 7.65. The molecule has 1 N–H and O–H groups in total. The van der Waals surface area contributed by atoms with Crippen molar-refractivity contribution in [2.45, 2.75) is 33.2 Å². The quantitative estimate of drug-likeness (QED) is 0.433. The van der Waals surface area contributed by atoms with E-state index in [2.05, 4.69) is 46.0 Å². The Morgan fingerprint density at radius 3 is 2.93 bits per heavy atom. The Balaban J connectivity index is 1.52. The molecule has 0 bridgehead atoms. The molecule has 0 radical (unpaired) electrons. The molecule has 27 heavy (non-hydrogen) atoms. The van der Waals surface area contributed by atoms with E-state index in [9.17, 15) is 0 Å². The minimum absolute atomic E-state index is 0.640. The van der Waals surface area contributed by atoms with Crippen LogP contribution >= 0.6 is 11.3 Å². The molecular formula is C21H24N4OS. The van der Waals surface area contributed by atoms with Crippen LogP contribution in [-0.2, 0) is 6.54 Å². The standard InChI is InChI=1S/C21H24N4OS/c1-3-5-10-25(4-2)14-15-12-22-18-11-16(13-23-20(15)18)26-21-24-17-8-6-7-9-19(17)27-21/h6-9,11-13,22H,3-5,10,14H2,1-2H3. The number of para-hydroxylation sites is 1. The first kappa shape index (κ1) is 17.9. The van der Waals surface area contributed by atoms with Crippen molar-refractivity contribution in [1.82, 2.24) is 19.9 Å². The fraction of sp³-hybridized carbons (Fsp3) is 0.333. The SMILES string of the molecule is CCCCN(CC)Cc1c[nH]c2cc(Oc3nc4ccccc4s3)cnc12. The zero-order chi connectivity index (χ0) is 18.6. The minimum atomic E-state index is 0.640. The molecule has 6 heteroatoms. The van der Waals surface area contributed by atoms with E-state index in [-0.39, 0.29) is 0 Å². The molecule has 0 aliphatic carbocycles. The number of nitrogens with one attached hydrogen (secondary N) is 1. The summed E-state index contributed by atoms with van der Waals surface area (Å²) >= 11 is 1.54. The number of aromatic nitrogens is 3. The van der Waals surface area contributed by atoms with Crippen molar-refractivity contribution in [3.63, 3.8) is 0 Å². The summed E-state index contributed by atoms with van der Waals surface area (Å²) in [6, 6.07) is 10.0. The van der Waals surface area contributed by atoms with Gasteiger partial charge in [0.25, 0.3) is 5.19 Å². The van der Waals surface area contributed by atoms with E-state index in [1.165, 1.54) is 18.4 Å².